The number of halogens is 1. The molecule has 0 fully saturated rings. The minimum atomic E-state index is -1.01. The van der Waals surface area contributed by atoms with Crippen molar-refractivity contribution in [1.29, 1.82) is 0 Å². The molecule has 0 spiro atoms. The molecule has 0 unspecified atom stereocenters. The molecule has 0 radical (unpaired) electrons. The maximum absolute atomic E-state index is 14.0. The maximum atomic E-state index is 14.0. The van der Waals surface area contributed by atoms with Crippen molar-refractivity contribution in [3.63, 3.8) is 0 Å². The van der Waals surface area contributed by atoms with E-state index in [-0.39, 0.29) is 17.5 Å². The predicted octanol–water partition coefficient (Wildman–Crippen LogP) is 7.43. The molecule has 0 aliphatic heterocycles. The first-order chi connectivity index (χ1) is 15.3. The van der Waals surface area contributed by atoms with E-state index in [1.54, 1.807) is 48.5 Å². The van der Waals surface area contributed by atoms with Gasteiger partial charge in [0.1, 0.15) is 17.3 Å². The summed E-state index contributed by atoms with van der Waals surface area (Å²) in [6.07, 6.45) is 2.59. The summed E-state index contributed by atoms with van der Waals surface area (Å²) in [5.41, 5.74) is 2.50. The van der Waals surface area contributed by atoms with Crippen LogP contribution in [0.1, 0.15) is 30.9 Å². The molecular formula is C26H21FO4S. The van der Waals surface area contributed by atoms with Gasteiger partial charge in [0.25, 0.3) is 0 Å². The van der Waals surface area contributed by atoms with Gasteiger partial charge in [-0.2, -0.15) is 0 Å². The molecule has 6 heteroatoms. The monoisotopic (exact) mass is 448 g/mol. The van der Waals surface area contributed by atoms with Gasteiger partial charge in [-0.3, -0.25) is 0 Å². The molecule has 0 aliphatic rings. The molecule has 0 atom stereocenters. The normalized spacial score (nSPS) is 11.5. The van der Waals surface area contributed by atoms with Gasteiger partial charge >= 0.3 is 5.97 Å². The van der Waals surface area contributed by atoms with E-state index >= 15 is 0 Å². The van der Waals surface area contributed by atoms with Crippen LogP contribution in [-0.2, 0) is 4.79 Å². The minimum absolute atomic E-state index is 0.104. The number of phenolic OH excluding ortho intramolecular Hbond substituents is 1. The Hall–Kier alpha value is -3.64. The molecule has 4 aromatic rings. The smallest absolute Gasteiger partial charge is 0.328 e. The molecule has 4 nitrogen and oxygen atoms in total. The van der Waals surface area contributed by atoms with Gasteiger partial charge in [-0.1, -0.05) is 32.0 Å². The standard InChI is InChI=1S/C26H21FO4S/c1-15(2)22-13-17(27)6-10-20(22)26-25(21-11-7-18(28)14-23(21)32-26)31-19-8-3-16(4-9-19)5-12-24(29)30/h3-15,28H,1-2H3,(H,29,30)/b12-5+. The fraction of sp³-hybridized carbons (Fsp3) is 0.115. The number of aliphatic carboxylic acids is 1. The number of ether oxygens (including phenoxy) is 1. The predicted molar refractivity (Wildman–Crippen MR) is 126 cm³/mol. The number of fused-ring (bicyclic) bond motifs is 1. The number of carbonyl (C=O) groups is 1. The van der Waals surface area contributed by atoms with Crippen LogP contribution < -0.4 is 4.74 Å². The third-order valence-corrected chi connectivity index (χ3v) is 6.19. The first kappa shape index (κ1) is 21.6. The Kier molecular flexibility index (Phi) is 5.97. The van der Waals surface area contributed by atoms with Gasteiger partial charge in [0, 0.05) is 16.2 Å². The minimum Gasteiger partial charge on any atom is -0.508 e. The van der Waals surface area contributed by atoms with E-state index in [1.165, 1.54) is 23.5 Å². The summed E-state index contributed by atoms with van der Waals surface area (Å²) < 4.78 is 21.1. The second kappa shape index (κ2) is 8.85. The molecule has 3 aromatic carbocycles. The number of thiophene rings is 1. The molecule has 1 heterocycles. The highest BCUT2D eigenvalue weighted by Gasteiger charge is 2.20. The van der Waals surface area contributed by atoms with Crippen molar-refractivity contribution >= 4 is 33.5 Å². The van der Waals surface area contributed by atoms with Crippen LogP contribution >= 0.6 is 11.3 Å². The van der Waals surface area contributed by atoms with Crippen LogP contribution in [0.5, 0.6) is 17.2 Å². The average molecular weight is 449 g/mol. The van der Waals surface area contributed by atoms with E-state index in [0.717, 1.165) is 37.7 Å². The molecule has 2 N–H and O–H groups in total. The highest BCUT2D eigenvalue weighted by molar-refractivity contribution is 7.22. The second-order valence-corrected chi connectivity index (χ2v) is 8.72. The number of benzene rings is 3. The summed E-state index contributed by atoms with van der Waals surface area (Å²) in [6, 6.07) is 16.9. The van der Waals surface area contributed by atoms with Crippen LogP contribution in [0.2, 0.25) is 0 Å². The van der Waals surface area contributed by atoms with Crippen LogP contribution in [0.4, 0.5) is 4.39 Å². The lowest BCUT2D eigenvalue weighted by Gasteiger charge is -2.14. The van der Waals surface area contributed by atoms with Gasteiger partial charge < -0.3 is 14.9 Å². The molecule has 4 rings (SSSR count). The lowest BCUT2D eigenvalue weighted by Crippen LogP contribution is -1.94. The van der Waals surface area contributed by atoms with E-state index in [4.69, 9.17) is 9.84 Å². The number of carboxylic acid groups (broad SMARTS) is 1. The van der Waals surface area contributed by atoms with Crippen LogP contribution in [0, 0.1) is 5.82 Å². The topological polar surface area (TPSA) is 66.8 Å². The van der Waals surface area contributed by atoms with Crippen LogP contribution in [-0.4, -0.2) is 16.2 Å². The zero-order valence-corrected chi connectivity index (χ0v) is 18.3. The Balaban J connectivity index is 1.82. The number of phenols is 1. The molecule has 0 saturated carbocycles. The zero-order chi connectivity index (χ0) is 22.8. The number of hydrogen-bond donors (Lipinski definition) is 2. The summed E-state index contributed by atoms with van der Waals surface area (Å²) in [6.45, 7) is 4.03. The van der Waals surface area contributed by atoms with Crippen LogP contribution in [0.15, 0.2) is 66.7 Å². The third kappa shape index (κ3) is 4.50. The molecule has 0 saturated heterocycles. The second-order valence-electron chi connectivity index (χ2n) is 7.67. The van der Waals surface area contributed by atoms with E-state index in [2.05, 4.69) is 0 Å². The number of aromatic hydroxyl groups is 1. The van der Waals surface area contributed by atoms with E-state index in [9.17, 15) is 14.3 Å². The summed E-state index contributed by atoms with van der Waals surface area (Å²) in [5, 5.41) is 19.6. The van der Waals surface area contributed by atoms with Crippen molar-refractivity contribution in [3.8, 4) is 27.7 Å². The molecule has 0 amide bonds. The van der Waals surface area contributed by atoms with Gasteiger partial charge in [-0.05, 0) is 71.1 Å². The van der Waals surface area contributed by atoms with E-state index in [0.29, 0.717) is 11.5 Å². The Morgan fingerprint density at radius 2 is 1.81 bits per heavy atom. The summed E-state index contributed by atoms with van der Waals surface area (Å²) in [7, 11) is 0. The van der Waals surface area contributed by atoms with Crippen molar-refractivity contribution in [3.05, 3.63) is 83.7 Å². The van der Waals surface area contributed by atoms with Gasteiger partial charge in [-0.25, -0.2) is 9.18 Å². The third-order valence-electron chi connectivity index (χ3n) is 5.03. The summed E-state index contributed by atoms with van der Waals surface area (Å²) in [5.74, 6) is 0.182. The summed E-state index contributed by atoms with van der Waals surface area (Å²) in [4.78, 5) is 11.6. The molecule has 0 aliphatic carbocycles. The molecule has 162 valence electrons. The fourth-order valence-electron chi connectivity index (χ4n) is 3.49. The van der Waals surface area contributed by atoms with E-state index < -0.39 is 5.97 Å². The Bertz CT molecular complexity index is 1320. The molecule has 1 aromatic heterocycles. The molecule has 0 bridgehead atoms. The Labute approximate surface area is 188 Å². The van der Waals surface area contributed by atoms with Gasteiger partial charge in [0.15, 0.2) is 5.75 Å². The first-order valence-corrected chi connectivity index (χ1v) is 10.9. The van der Waals surface area contributed by atoms with Crippen molar-refractivity contribution in [1.82, 2.24) is 0 Å². The lowest BCUT2D eigenvalue weighted by molar-refractivity contribution is -0.131. The largest absolute Gasteiger partial charge is 0.508 e. The zero-order valence-electron chi connectivity index (χ0n) is 17.5. The van der Waals surface area contributed by atoms with Crippen molar-refractivity contribution in [2.24, 2.45) is 0 Å². The Morgan fingerprint density at radius 1 is 1.06 bits per heavy atom. The highest BCUT2D eigenvalue weighted by Crippen LogP contribution is 2.48. The summed E-state index contributed by atoms with van der Waals surface area (Å²) >= 11 is 1.48. The average Bonchev–Trinajstić information content (AvgIpc) is 3.10. The first-order valence-electron chi connectivity index (χ1n) is 10.1. The SMILES string of the molecule is CC(C)c1cc(F)ccc1-c1sc2cc(O)ccc2c1Oc1ccc(/C=C/C(=O)O)cc1. The van der Waals surface area contributed by atoms with Gasteiger partial charge in [0.2, 0.25) is 0 Å². The van der Waals surface area contributed by atoms with Gasteiger partial charge in [-0.15, -0.1) is 11.3 Å². The Morgan fingerprint density at radius 3 is 2.50 bits per heavy atom. The van der Waals surface area contributed by atoms with Crippen molar-refractivity contribution in [2.75, 3.05) is 0 Å². The van der Waals surface area contributed by atoms with E-state index in [1.807, 2.05) is 19.9 Å². The highest BCUT2D eigenvalue weighted by atomic mass is 32.1. The number of carboxylic acids is 1. The fourth-order valence-corrected chi connectivity index (χ4v) is 4.70. The number of rotatable bonds is 6. The quantitative estimate of drug-likeness (QED) is 0.301. The maximum Gasteiger partial charge on any atom is 0.328 e. The van der Waals surface area contributed by atoms with Crippen molar-refractivity contribution in [2.45, 2.75) is 19.8 Å². The van der Waals surface area contributed by atoms with Crippen LogP contribution in [0.3, 0.4) is 0 Å². The lowest BCUT2D eigenvalue weighted by atomic mass is 9.95. The number of hydrogen-bond acceptors (Lipinski definition) is 4. The van der Waals surface area contributed by atoms with Crippen molar-refractivity contribution < 1.29 is 24.1 Å². The molecule has 32 heavy (non-hydrogen) atoms. The van der Waals surface area contributed by atoms with Gasteiger partial charge in [0.05, 0.1) is 4.88 Å². The van der Waals surface area contributed by atoms with Crippen LogP contribution in [0.25, 0.3) is 26.6 Å². The molecular weight excluding hydrogens is 427 g/mol.